The van der Waals surface area contributed by atoms with Gasteiger partial charge < -0.3 is 20.3 Å². The molecule has 2 saturated carbocycles. The van der Waals surface area contributed by atoms with Crippen molar-refractivity contribution in [2.45, 2.75) is 102 Å². The van der Waals surface area contributed by atoms with Crippen molar-refractivity contribution in [2.24, 2.45) is 11.3 Å². The van der Waals surface area contributed by atoms with Crippen LogP contribution in [0.3, 0.4) is 0 Å². The summed E-state index contributed by atoms with van der Waals surface area (Å²) in [5.41, 5.74) is -1.37. The number of aromatic nitrogens is 2. The van der Waals surface area contributed by atoms with E-state index in [1.807, 2.05) is 60.7 Å². The Morgan fingerprint density at radius 1 is 0.964 bits per heavy atom. The van der Waals surface area contributed by atoms with Crippen molar-refractivity contribution >= 4 is 33.8 Å². The lowest BCUT2D eigenvalue weighted by atomic mass is 9.85. The van der Waals surface area contributed by atoms with Gasteiger partial charge in [0.25, 0.3) is 11.5 Å². The standard InChI is InChI=1S/C41H50N6O8S/c1-8-27-22-41(27,37(51)45-56(53,54)29-19-20-29)44-34(48)31-21-28(24-46(31)36(50)33(39(2,3)4)43-38(52)55-40(5,6)7)47-35(49)32(26-17-13-10-14-18-26)30(23-42-47)25-15-11-9-12-16-25/h8-18,23,27-29,31,33H,1,19-22,24H2,2-7H3,(H,43,52)(H,44,48)(H,45,51)/t27-,28-,31+,33-,41-/m1/s1. The van der Waals surface area contributed by atoms with Crippen molar-refractivity contribution in [3.8, 4) is 22.3 Å². The first kappa shape index (κ1) is 40.4. The number of hydrogen-bond acceptors (Lipinski definition) is 9. The first-order valence-corrected chi connectivity index (χ1v) is 20.3. The van der Waals surface area contributed by atoms with Crippen LogP contribution in [0.1, 0.15) is 73.3 Å². The fourth-order valence-electron chi connectivity index (χ4n) is 7.19. The van der Waals surface area contributed by atoms with Crippen LogP contribution < -0.4 is 20.9 Å². The van der Waals surface area contributed by atoms with E-state index in [0.717, 1.165) is 5.56 Å². The highest BCUT2D eigenvalue weighted by atomic mass is 32.2. The van der Waals surface area contributed by atoms with E-state index >= 15 is 0 Å². The Morgan fingerprint density at radius 3 is 2.11 bits per heavy atom. The van der Waals surface area contributed by atoms with Gasteiger partial charge in [-0.2, -0.15) is 5.10 Å². The Morgan fingerprint density at radius 2 is 1.57 bits per heavy atom. The maximum atomic E-state index is 14.7. The number of alkyl carbamates (subject to hydrolysis) is 1. The molecule has 3 aromatic rings. The summed E-state index contributed by atoms with van der Waals surface area (Å²) in [6.45, 7) is 14.0. The van der Waals surface area contributed by atoms with E-state index in [0.29, 0.717) is 29.5 Å². The summed E-state index contributed by atoms with van der Waals surface area (Å²) < 4.78 is 34.5. The van der Waals surface area contributed by atoms with E-state index in [4.69, 9.17) is 4.74 Å². The topological polar surface area (TPSA) is 186 Å². The molecule has 2 heterocycles. The summed E-state index contributed by atoms with van der Waals surface area (Å²) in [7, 11) is -3.94. The number of amides is 4. The second-order valence-corrected chi connectivity index (χ2v) is 18.9. The van der Waals surface area contributed by atoms with Crippen LogP contribution in [-0.4, -0.2) is 81.9 Å². The fourth-order valence-corrected chi connectivity index (χ4v) is 8.55. The molecule has 0 radical (unpaired) electrons. The lowest BCUT2D eigenvalue weighted by Crippen LogP contribution is -2.60. The van der Waals surface area contributed by atoms with Gasteiger partial charge in [0.05, 0.1) is 23.1 Å². The van der Waals surface area contributed by atoms with Gasteiger partial charge in [-0.15, -0.1) is 6.58 Å². The van der Waals surface area contributed by atoms with Gasteiger partial charge in [0.1, 0.15) is 23.2 Å². The number of sulfonamides is 1. The number of ether oxygens (including phenoxy) is 1. The molecule has 14 nitrogen and oxygen atoms in total. The first-order valence-electron chi connectivity index (χ1n) is 18.8. The van der Waals surface area contributed by atoms with Gasteiger partial charge in [0.15, 0.2) is 0 Å². The monoisotopic (exact) mass is 786 g/mol. The zero-order valence-corrected chi connectivity index (χ0v) is 33.4. The molecule has 56 heavy (non-hydrogen) atoms. The maximum absolute atomic E-state index is 14.7. The Kier molecular flexibility index (Phi) is 10.8. The molecule has 0 spiro atoms. The smallest absolute Gasteiger partial charge is 0.408 e. The first-order chi connectivity index (χ1) is 26.3. The SMILES string of the molecule is C=C[C@@H]1C[C@]1(NC(=O)[C@@H]1C[C@@H](n2ncc(-c3ccccc3)c(-c3ccccc3)c2=O)CN1C(=O)[C@@H](NC(=O)OC(C)(C)C)C(C)(C)C)C(=O)NS(=O)(=O)C1CC1. The highest BCUT2D eigenvalue weighted by Crippen LogP contribution is 2.46. The van der Waals surface area contributed by atoms with Crippen molar-refractivity contribution in [3.05, 3.63) is 89.9 Å². The number of nitrogens with zero attached hydrogens (tertiary/aromatic N) is 3. The van der Waals surface area contributed by atoms with E-state index in [9.17, 15) is 32.4 Å². The average molecular weight is 787 g/mol. The van der Waals surface area contributed by atoms with Crippen molar-refractivity contribution in [1.29, 1.82) is 0 Å². The minimum atomic E-state index is -3.94. The molecular formula is C41H50N6O8S. The van der Waals surface area contributed by atoms with Crippen LogP contribution in [0.5, 0.6) is 0 Å². The van der Waals surface area contributed by atoms with E-state index in [1.54, 1.807) is 47.7 Å². The predicted molar refractivity (Wildman–Crippen MR) is 210 cm³/mol. The van der Waals surface area contributed by atoms with E-state index in [2.05, 4.69) is 27.0 Å². The minimum absolute atomic E-state index is 0.0798. The van der Waals surface area contributed by atoms with Crippen LogP contribution >= 0.6 is 0 Å². The number of rotatable bonds is 11. The molecule has 4 amide bonds. The summed E-state index contributed by atoms with van der Waals surface area (Å²) >= 11 is 0. The molecule has 298 valence electrons. The molecule has 3 fully saturated rings. The number of benzene rings is 2. The maximum Gasteiger partial charge on any atom is 0.408 e. The van der Waals surface area contributed by atoms with E-state index in [1.165, 1.54) is 15.7 Å². The molecule has 2 aromatic carbocycles. The molecule has 1 aliphatic heterocycles. The highest BCUT2D eigenvalue weighted by molar-refractivity contribution is 7.91. The van der Waals surface area contributed by atoms with Gasteiger partial charge >= 0.3 is 6.09 Å². The van der Waals surface area contributed by atoms with Crippen LogP contribution in [0, 0.1) is 11.3 Å². The van der Waals surface area contributed by atoms with Gasteiger partial charge in [0.2, 0.25) is 21.8 Å². The van der Waals surface area contributed by atoms with Gasteiger partial charge in [-0.3, -0.25) is 23.9 Å². The summed E-state index contributed by atoms with van der Waals surface area (Å²) in [5, 5.41) is 9.40. The Balaban J connectivity index is 1.39. The van der Waals surface area contributed by atoms with E-state index < -0.39 is 85.2 Å². The third-order valence-electron chi connectivity index (χ3n) is 10.4. The Hall–Kier alpha value is -5.31. The average Bonchev–Trinajstić information content (AvgIpc) is 4.06. The molecule has 6 rings (SSSR count). The summed E-state index contributed by atoms with van der Waals surface area (Å²) in [6.07, 6.45) is 3.14. The molecule has 15 heteroatoms. The zero-order valence-electron chi connectivity index (χ0n) is 32.6. The Bertz CT molecular complexity index is 2190. The van der Waals surface area contributed by atoms with Crippen LogP contribution in [0.4, 0.5) is 4.79 Å². The van der Waals surface area contributed by atoms with Crippen molar-refractivity contribution in [2.75, 3.05) is 6.54 Å². The minimum Gasteiger partial charge on any atom is -0.444 e. The molecule has 5 atom stereocenters. The summed E-state index contributed by atoms with van der Waals surface area (Å²) in [5.74, 6) is -2.79. The number of carbonyl (C=O) groups is 4. The van der Waals surface area contributed by atoms with Crippen molar-refractivity contribution < 1.29 is 32.3 Å². The molecule has 0 bridgehead atoms. The van der Waals surface area contributed by atoms with E-state index in [-0.39, 0.29) is 19.4 Å². The molecule has 3 N–H and O–H groups in total. The third-order valence-corrected chi connectivity index (χ3v) is 12.2. The van der Waals surface area contributed by atoms with Gasteiger partial charge in [-0.1, -0.05) is 87.5 Å². The summed E-state index contributed by atoms with van der Waals surface area (Å²) in [6, 6.07) is 15.2. The van der Waals surface area contributed by atoms with Crippen LogP contribution in [0.25, 0.3) is 22.3 Å². The third kappa shape index (κ3) is 8.42. The molecule has 1 saturated heterocycles. The van der Waals surface area contributed by atoms with Crippen LogP contribution in [0.2, 0.25) is 0 Å². The van der Waals surface area contributed by atoms with Gasteiger partial charge in [-0.05, 0) is 56.6 Å². The second kappa shape index (κ2) is 15.0. The van der Waals surface area contributed by atoms with Crippen LogP contribution in [-0.2, 0) is 29.1 Å². The molecule has 0 unspecified atom stereocenters. The quantitative estimate of drug-likeness (QED) is 0.238. The molecule has 1 aromatic heterocycles. The van der Waals surface area contributed by atoms with Gasteiger partial charge in [0, 0.05) is 24.4 Å². The molecular weight excluding hydrogens is 737 g/mol. The highest BCUT2D eigenvalue weighted by Gasteiger charge is 2.62. The molecule has 2 aliphatic carbocycles. The zero-order chi connectivity index (χ0) is 40.8. The normalized spacial score (nSPS) is 22.8. The number of likely N-dealkylation sites (tertiary alicyclic amines) is 1. The predicted octanol–water partition coefficient (Wildman–Crippen LogP) is 4.33. The van der Waals surface area contributed by atoms with Crippen molar-refractivity contribution in [1.82, 2.24) is 30.0 Å². The van der Waals surface area contributed by atoms with Crippen molar-refractivity contribution in [3.63, 3.8) is 0 Å². The lowest BCUT2D eigenvalue weighted by Gasteiger charge is -2.36. The second-order valence-electron chi connectivity index (χ2n) is 16.9. The number of carbonyl (C=O) groups excluding carboxylic acids is 4. The lowest BCUT2D eigenvalue weighted by molar-refractivity contribution is -0.143. The Labute approximate surface area is 327 Å². The van der Waals surface area contributed by atoms with Gasteiger partial charge in [-0.25, -0.2) is 17.9 Å². The van der Waals surface area contributed by atoms with Crippen LogP contribution in [0.15, 0.2) is 84.3 Å². The number of hydrogen-bond donors (Lipinski definition) is 3. The summed E-state index contributed by atoms with van der Waals surface area (Å²) in [4.78, 5) is 71.7. The number of nitrogens with one attached hydrogen (secondary N) is 3. The fraction of sp³-hybridized carbons (Fsp3) is 0.463. The molecule has 3 aliphatic rings. The largest absolute Gasteiger partial charge is 0.444 e.